The van der Waals surface area contributed by atoms with E-state index >= 15 is 0 Å². The van der Waals surface area contributed by atoms with E-state index < -0.39 is 0 Å². The number of hydrogen-bond donors (Lipinski definition) is 1. The highest BCUT2D eigenvalue weighted by molar-refractivity contribution is 5.94. The largest absolute Gasteiger partial charge is 0.352 e. The zero-order valence-corrected chi connectivity index (χ0v) is 11.1. The number of carbonyl (C=O) groups is 1. The van der Waals surface area contributed by atoms with Crippen LogP contribution in [0.4, 0.5) is 0 Å². The minimum absolute atomic E-state index is 0.0550. The molecular formula is C16H18N2O. The number of unbranched alkanes of at least 4 members (excludes halogenated alkanes) is 1. The minimum atomic E-state index is -0.0550. The van der Waals surface area contributed by atoms with Gasteiger partial charge < -0.3 is 5.32 Å². The molecule has 0 unspecified atom stereocenters. The molecule has 3 heteroatoms. The fourth-order valence-corrected chi connectivity index (χ4v) is 1.79. The molecule has 1 amide bonds. The van der Waals surface area contributed by atoms with Gasteiger partial charge in [0.15, 0.2) is 0 Å². The van der Waals surface area contributed by atoms with Crippen molar-refractivity contribution >= 4 is 5.91 Å². The van der Waals surface area contributed by atoms with E-state index in [2.05, 4.69) is 17.2 Å². The summed E-state index contributed by atoms with van der Waals surface area (Å²) in [6, 6.07) is 13.6. The third-order valence-corrected chi connectivity index (χ3v) is 2.91. The number of rotatable bonds is 5. The second-order valence-corrected chi connectivity index (χ2v) is 4.41. The topological polar surface area (TPSA) is 42.0 Å². The summed E-state index contributed by atoms with van der Waals surface area (Å²) in [5.41, 5.74) is 2.54. The van der Waals surface area contributed by atoms with Gasteiger partial charge in [0, 0.05) is 18.3 Å². The van der Waals surface area contributed by atoms with Crippen LogP contribution in [-0.4, -0.2) is 17.4 Å². The maximum Gasteiger partial charge on any atom is 0.252 e. The fourth-order valence-electron chi connectivity index (χ4n) is 1.79. The Morgan fingerprint density at radius 3 is 2.58 bits per heavy atom. The first kappa shape index (κ1) is 13.3. The summed E-state index contributed by atoms with van der Waals surface area (Å²) in [6.45, 7) is 2.82. The summed E-state index contributed by atoms with van der Waals surface area (Å²) < 4.78 is 0. The van der Waals surface area contributed by atoms with Crippen LogP contribution in [0.15, 0.2) is 48.7 Å². The molecule has 0 saturated heterocycles. The third kappa shape index (κ3) is 3.65. The van der Waals surface area contributed by atoms with Crippen LogP contribution >= 0.6 is 0 Å². The standard InChI is InChI=1S/C16H18N2O/c1-2-3-11-17-16(19)14-9-10-15(18-12-14)13-7-5-4-6-8-13/h4-10,12H,2-3,11H2,1H3,(H,17,19). The highest BCUT2D eigenvalue weighted by atomic mass is 16.1. The van der Waals surface area contributed by atoms with Crippen LogP contribution in [-0.2, 0) is 0 Å². The third-order valence-electron chi connectivity index (χ3n) is 2.91. The van der Waals surface area contributed by atoms with E-state index in [1.807, 2.05) is 42.5 Å². The SMILES string of the molecule is CCCCNC(=O)c1ccc(-c2ccccc2)nc1. The average molecular weight is 254 g/mol. The molecule has 0 aliphatic carbocycles. The highest BCUT2D eigenvalue weighted by Crippen LogP contribution is 2.16. The van der Waals surface area contributed by atoms with E-state index in [0.717, 1.165) is 30.6 Å². The minimum Gasteiger partial charge on any atom is -0.352 e. The molecule has 0 radical (unpaired) electrons. The Labute approximate surface area is 113 Å². The molecule has 2 aromatic rings. The van der Waals surface area contributed by atoms with Crippen LogP contribution in [0, 0.1) is 0 Å². The normalized spacial score (nSPS) is 10.2. The van der Waals surface area contributed by atoms with Crippen molar-refractivity contribution in [3.8, 4) is 11.3 Å². The van der Waals surface area contributed by atoms with Crippen LogP contribution in [0.5, 0.6) is 0 Å². The van der Waals surface area contributed by atoms with Crippen molar-refractivity contribution in [2.75, 3.05) is 6.54 Å². The summed E-state index contributed by atoms with van der Waals surface area (Å²) in [5, 5.41) is 2.88. The zero-order valence-electron chi connectivity index (χ0n) is 11.1. The Morgan fingerprint density at radius 1 is 1.16 bits per heavy atom. The van der Waals surface area contributed by atoms with Crippen molar-refractivity contribution in [1.82, 2.24) is 10.3 Å². The van der Waals surface area contributed by atoms with E-state index in [-0.39, 0.29) is 5.91 Å². The molecule has 1 aromatic carbocycles. The van der Waals surface area contributed by atoms with Gasteiger partial charge in [-0.25, -0.2) is 0 Å². The fraction of sp³-hybridized carbons (Fsp3) is 0.250. The smallest absolute Gasteiger partial charge is 0.252 e. The number of hydrogen-bond acceptors (Lipinski definition) is 2. The molecule has 0 aliphatic heterocycles. The van der Waals surface area contributed by atoms with Gasteiger partial charge in [-0.05, 0) is 18.6 Å². The Kier molecular flexibility index (Phi) is 4.67. The lowest BCUT2D eigenvalue weighted by atomic mass is 10.1. The molecule has 19 heavy (non-hydrogen) atoms. The van der Waals surface area contributed by atoms with Crippen molar-refractivity contribution in [2.45, 2.75) is 19.8 Å². The quantitative estimate of drug-likeness (QED) is 0.832. The predicted molar refractivity (Wildman–Crippen MR) is 76.9 cm³/mol. The predicted octanol–water partition coefficient (Wildman–Crippen LogP) is 3.28. The van der Waals surface area contributed by atoms with Crippen LogP contribution in [0.25, 0.3) is 11.3 Å². The van der Waals surface area contributed by atoms with E-state index in [9.17, 15) is 4.79 Å². The number of amides is 1. The lowest BCUT2D eigenvalue weighted by Crippen LogP contribution is -2.24. The lowest BCUT2D eigenvalue weighted by Gasteiger charge is -2.05. The van der Waals surface area contributed by atoms with Crippen LogP contribution in [0.2, 0.25) is 0 Å². The molecular weight excluding hydrogens is 236 g/mol. The molecule has 0 bridgehead atoms. The van der Waals surface area contributed by atoms with Crippen LogP contribution in [0.1, 0.15) is 30.1 Å². The maximum absolute atomic E-state index is 11.8. The molecule has 1 N–H and O–H groups in total. The molecule has 0 atom stereocenters. The van der Waals surface area contributed by atoms with Crippen molar-refractivity contribution in [3.05, 3.63) is 54.2 Å². The van der Waals surface area contributed by atoms with Crippen molar-refractivity contribution < 1.29 is 4.79 Å². The summed E-state index contributed by atoms with van der Waals surface area (Å²) in [7, 11) is 0. The van der Waals surface area contributed by atoms with Gasteiger partial charge in [0.25, 0.3) is 5.91 Å². The van der Waals surface area contributed by atoms with Gasteiger partial charge in [-0.15, -0.1) is 0 Å². The van der Waals surface area contributed by atoms with E-state index in [0.29, 0.717) is 5.56 Å². The first-order valence-corrected chi connectivity index (χ1v) is 6.61. The highest BCUT2D eigenvalue weighted by Gasteiger charge is 2.05. The van der Waals surface area contributed by atoms with Crippen LogP contribution in [0.3, 0.4) is 0 Å². The number of pyridine rings is 1. The molecule has 98 valence electrons. The summed E-state index contributed by atoms with van der Waals surface area (Å²) in [6.07, 6.45) is 3.70. The van der Waals surface area contributed by atoms with Gasteiger partial charge in [0.2, 0.25) is 0 Å². The van der Waals surface area contributed by atoms with E-state index in [4.69, 9.17) is 0 Å². The average Bonchev–Trinajstić information content (AvgIpc) is 2.48. The second kappa shape index (κ2) is 6.69. The van der Waals surface area contributed by atoms with Gasteiger partial charge in [-0.2, -0.15) is 0 Å². The lowest BCUT2D eigenvalue weighted by molar-refractivity contribution is 0.0953. The second-order valence-electron chi connectivity index (χ2n) is 4.41. The van der Waals surface area contributed by atoms with Gasteiger partial charge in [-0.1, -0.05) is 43.7 Å². The van der Waals surface area contributed by atoms with Crippen molar-refractivity contribution in [1.29, 1.82) is 0 Å². The maximum atomic E-state index is 11.8. The van der Waals surface area contributed by atoms with Crippen molar-refractivity contribution in [3.63, 3.8) is 0 Å². The van der Waals surface area contributed by atoms with Gasteiger partial charge in [0.05, 0.1) is 11.3 Å². The van der Waals surface area contributed by atoms with E-state index in [1.165, 1.54) is 0 Å². The Balaban J connectivity index is 2.04. The first-order valence-electron chi connectivity index (χ1n) is 6.61. The van der Waals surface area contributed by atoms with Crippen LogP contribution < -0.4 is 5.32 Å². The number of nitrogens with zero attached hydrogens (tertiary/aromatic N) is 1. The summed E-state index contributed by atoms with van der Waals surface area (Å²) >= 11 is 0. The molecule has 2 rings (SSSR count). The Hall–Kier alpha value is -2.16. The monoisotopic (exact) mass is 254 g/mol. The molecule has 0 aliphatic rings. The van der Waals surface area contributed by atoms with Gasteiger partial charge in [0.1, 0.15) is 0 Å². The number of carbonyl (C=O) groups excluding carboxylic acids is 1. The number of nitrogens with one attached hydrogen (secondary N) is 1. The van der Waals surface area contributed by atoms with Gasteiger partial charge >= 0.3 is 0 Å². The summed E-state index contributed by atoms with van der Waals surface area (Å²) in [5.74, 6) is -0.0550. The number of benzene rings is 1. The summed E-state index contributed by atoms with van der Waals surface area (Å²) in [4.78, 5) is 16.2. The Morgan fingerprint density at radius 2 is 1.95 bits per heavy atom. The van der Waals surface area contributed by atoms with E-state index in [1.54, 1.807) is 6.20 Å². The zero-order chi connectivity index (χ0) is 13.5. The molecule has 0 saturated carbocycles. The number of aromatic nitrogens is 1. The molecule has 0 fully saturated rings. The first-order chi connectivity index (χ1) is 9.31. The molecule has 1 heterocycles. The molecule has 3 nitrogen and oxygen atoms in total. The molecule has 1 aromatic heterocycles. The Bertz CT molecular complexity index is 520. The van der Waals surface area contributed by atoms with Gasteiger partial charge in [-0.3, -0.25) is 9.78 Å². The molecule has 0 spiro atoms. The van der Waals surface area contributed by atoms with Crippen molar-refractivity contribution in [2.24, 2.45) is 0 Å².